The Kier molecular flexibility index (Phi) is 3.73. The average molecular weight is 111 g/mol. The zero-order chi connectivity index (χ0) is 6.41. The molecule has 0 aliphatic carbocycles. The molecule has 44 valence electrons. The summed E-state index contributed by atoms with van der Waals surface area (Å²) >= 11 is 0. The predicted octanol–water partition coefficient (Wildman–Crippen LogP) is 0.281. The third-order valence-corrected chi connectivity index (χ3v) is 0.556. The van der Waals surface area contributed by atoms with Gasteiger partial charge in [0.15, 0.2) is 0 Å². The first-order chi connectivity index (χ1) is 3.77. The van der Waals surface area contributed by atoms with E-state index in [1.165, 1.54) is 0 Å². The van der Waals surface area contributed by atoms with E-state index in [1.807, 2.05) is 0 Å². The summed E-state index contributed by atoms with van der Waals surface area (Å²) in [5.41, 5.74) is 0. The predicted molar refractivity (Wildman–Crippen MR) is 33.5 cm³/mol. The molecule has 0 rings (SSSR count). The maximum atomic E-state index is 8.45. The molecular weight excluding hydrogens is 102 g/mol. The van der Waals surface area contributed by atoms with E-state index in [4.69, 9.17) is 11.5 Å². The highest BCUT2D eigenvalue weighted by Gasteiger charge is 1.82. The molecular formula is C6H9NO. The van der Waals surface area contributed by atoms with Crippen LogP contribution in [0, 0.1) is 12.3 Å². The van der Waals surface area contributed by atoms with Crippen molar-refractivity contribution >= 4 is 0 Å². The Morgan fingerprint density at radius 2 is 2.50 bits per heavy atom. The Bertz CT molecular complexity index is 112. The molecule has 0 bridgehead atoms. The topological polar surface area (TPSA) is 32.3 Å². The van der Waals surface area contributed by atoms with Gasteiger partial charge in [0.25, 0.3) is 0 Å². The molecule has 0 saturated carbocycles. The maximum absolute atomic E-state index is 8.45. The maximum Gasteiger partial charge on any atom is 0.0989 e. The summed E-state index contributed by atoms with van der Waals surface area (Å²) in [6, 6.07) is 0. The van der Waals surface area contributed by atoms with Gasteiger partial charge in [0.2, 0.25) is 0 Å². The number of aliphatic hydroxyl groups is 1. The molecule has 0 spiro atoms. The minimum Gasteiger partial charge on any atom is -0.512 e. The fourth-order valence-electron chi connectivity index (χ4n) is 0.279. The van der Waals surface area contributed by atoms with E-state index in [-0.39, 0.29) is 5.76 Å². The van der Waals surface area contributed by atoms with Crippen LogP contribution in [0.15, 0.2) is 12.3 Å². The van der Waals surface area contributed by atoms with Crippen molar-refractivity contribution < 1.29 is 5.11 Å². The standard InChI is InChI=1S/C6H9NO/c1-3-4-7-5-6(2)8/h1,7-8H,2,4-5H2. The molecule has 0 aliphatic rings. The van der Waals surface area contributed by atoms with Crippen molar-refractivity contribution in [1.29, 1.82) is 0 Å². The van der Waals surface area contributed by atoms with Crippen LogP contribution in [0.25, 0.3) is 0 Å². The number of aliphatic hydroxyl groups excluding tert-OH is 1. The van der Waals surface area contributed by atoms with Crippen LogP contribution in [0.5, 0.6) is 0 Å². The van der Waals surface area contributed by atoms with Gasteiger partial charge in [0.05, 0.1) is 18.8 Å². The molecule has 2 nitrogen and oxygen atoms in total. The Balaban J connectivity index is 2.97. The van der Waals surface area contributed by atoms with E-state index < -0.39 is 0 Å². The van der Waals surface area contributed by atoms with Crippen molar-refractivity contribution in [2.24, 2.45) is 0 Å². The highest BCUT2D eigenvalue weighted by molar-refractivity contribution is 4.90. The Labute approximate surface area is 49.2 Å². The highest BCUT2D eigenvalue weighted by Crippen LogP contribution is 1.73. The van der Waals surface area contributed by atoms with Gasteiger partial charge in [0.1, 0.15) is 0 Å². The monoisotopic (exact) mass is 111 g/mol. The lowest BCUT2D eigenvalue weighted by molar-refractivity contribution is 0.395. The zero-order valence-corrected chi connectivity index (χ0v) is 4.65. The fraction of sp³-hybridized carbons (Fsp3) is 0.333. The fourth-order valence-corrected chi connectivity index (χ4v) is 0.279. The van der Waals surface area contributed by atoms with E-state index in [2.05, 4.69) is 17.8 Å². The molecule has 2 heteroatoms. The van der Waals surface area contributed by atoms with Gasteiger partial charge in [-0.25, -0.2) is 0 Å². The zero-order valence-electron chi connectivity index (χ0n) is 4.65. The molecule has 0 aromatic rings. The number of rotatable bonds is 3. The molecule has 0 aliphatic heterocycles. The lowest BCUT2D eigenvalue weighted by Crippen LogP contribution is -2.16. The number of hydrogen-bond acceptors (Lipinski definition) is 2. The molecule has 0 atom stereocenters. The lowest BCUT2D eigenvalue weighted by atomic mass is 10.5. The van der Waals surface area contributed by atoms with Gasteiger partial charge in [-0.05, 0) is 0 Å². The second-order valence-corrected chi connectivity index (χ2v) is 1.37. The molecule has 0 amide bonds. The van der Waals surface area contributed by atoms with Crippen LogP contribution in [0.2, 0.25) is 0 Å². The third kappa shape index (κ3) is 5.06. The second kappa shape index (κ2) is 4.23. The third-order valence-electron chi connectivity index (χ3n) is 0.556. The van der Waals surface area contributed by atoms with Crippen LogP contribution < -0.4 is 5.32 Å². The Morgan fingerprint density at radius 3 is 2.88 bits per heavy atom. The molecule has 0 unspecified atom stereocenters. The second-order valence-electron chi connectivity index (χ2n) is 1.37. The van der Waals surface area contributed by atoms with E-state index in [9.17, 15) is 0 Å². The van der Waals surface area contributed by atoms with E-state index in [1.54, 1.807) is 0 Å². The largest absolute Gasteiger partial charge is 0.512 e. The van der Waals surface area contributed by atoms with Crippen LogP contribution in [-0.4, -0.2) is 18.2 Å². The summed E-state index contributed by atoms with van der Waals surface area (Å²) in [7, 11) is 0. The van der Waals surface area contributed by atoms with E-state index in [0.717, 1.165) is 0 Å². The average Bonchev–Trinajstić information content (AvgIpc) is 1.66. The molecule has 0 heterocycles. The van der Waals surface area contributed by atoms with Crippen LogP contribution >= 0.6 is 0 Å². The van der Waals surface area contributed by atoms with Crippen molar-refractivity contribution in [2.45, 2.75) is 0 Å². The SMILES string of the molecule is C#CCNCC(=C)O. The van der Waals surface area contributed by atoms with Gasteiger partial charge in [-0.15, -0.1) is 6.42 Å². The summed E-state index contributed by atoms with van der Waals surface area (Å²) in [6.45, 7) is 4.10. The molecule has 0 fully saturated rings. The molecule has 0 radical (unpaired) electrons. The van der Waals surface area contributed by atoms with Crippen molar-refractivity contribution in [3.63, 3.8) is 0 Å². The van der Waals surface area contributed by atoms with Gasteiger partial charge in [-0.1, -0.05) is 12.5 Å². The molecule has 0 saturated heterocycles. The minimum absolute atomic E-state index is 0.111. The summed E-state index contributed by atoms with van der Waals surface area (Å²) in [6.07, 6.45) is 4.89. The Hall–Kier alpha value is -0.940. The van der Waals surface area contributed by atoms with Gasteiger partial charge in [-0.3, -0.25) is 5.32 Å². The van der Waals surface area contributed by atoms with Crippen LogP contribution in [0.4, 0.5) is 0 Å². The first kappa shape index (κ1) is 7.06. The smallest absolute Gasteiger partial charge is 0.0989 e. The number of hydrogen-bond donors (Lipinski definition) is 2. The van der Waals surface area contributed by atoms with Crippen LogP contribution in [0.1, 0.15) is 0 Å². The molecule has 8 heavy (non-hydrogen) atoms. The van der Waals surface area contributed by atoms with E-state index >= 15 is 0 Å². The minimum atomic E-state index is 0.111. The van der Waals surface area contributed by atoms with Crippen molar-refractivity contribution in [1.82, 2.24) is 5.32 Å². The summed E-state index contributed by atoms with van der Waals surface area (Å²) in [5.74, 6) is 2.47. The van der Waals surface area contributed by atoms with Gasteiger partial charge in [-0.2, -0.15) is 0 Å². The molecule has 0 aromatic carbocycles. The Morgan fingerprint density at radius 1 is 1.88 bits per heavy atom. The quantitative estimate of drug-likeness (QED) is 0.311. The summed E-state index contributed by atoms with van der Waals surface area (Å²) in [5, 5.41) is 11.2. The number of terminal acetylenes is 1. The van der Waals surface area contributed by atoms with Gasteiger partial charge >= 0.3 is 0 Å². The van der Waals surface area contributed by atoms with Gasteiger partial charge < -0.3 is 5.11 Å². The van der Waals surface area contributed by atoms with Crippen molar-refractivity contribution in [3.05, 3.63) is 12.3 Å². The van der Waals surface area contributed by atoms with Crippen LogP contribution in [0.3, 0.4) is 0 Å². The number of nitrogens with one attached hydrogen (secondary N) is 1. The molecule has 0 aromatic heterocycles. The summed E-state index contributed by atoms with van der Waals surface area (Å²) < 4.78 is 0. The summed E-state index contributed by atoms with van der Waals surface area (Å²) in [4.78, 5) is 0. The van der Waals surface area contributed by atoms with E-state index in [0.29, 0.717) is 13.1 Å². The van der Waals surface area contributed by atoms with Crippen LogP contribution in [-0.2, 0) is 0 Å². The van der Waals surface area contributed by atoms with Crippen molar-refractivity contribution in [2.75, 3.05) is 13.1 Å². The molecule has 2 N–H and O–H groups in total. The first-order valence-electron chi connectivity index (χ1n) is 2.28. The normalized spacial score (nSPS) is 7.88. The van der Waals surface area contributed by atoms with Crippen molar-refractivity contribution in [3.8, 4) is 12.3 Å². The van der Waals surface area contributed by atoms with Gasteiger partial charge in [0, 0.05) is 0 Å². The lowest BCUT2D eigenvalue weighted by Gasteiger charge is -1.94. The highest BCUT2D eigenvalue weighted by atomic mass is 16.3. The first-order valence-corrected chi connectivity index (χ1v) is 2.28.